The van der Waals surface area contributed by atoms with Crippen LogP contribution in [0, 0.1) is 6.92 Å². The molecule has 0 saturated carbocycles. The van der Waals surface area contributed by atoms with Crippen LogP contribution in [0.15, 0.2) is 6.20 Å². The second-order valence-corrected chi connectivity index (χ2v) is 8.44. The monoisotopic (exact) mass is 333 g/mol. The maximum atomic E-state index is 12.1. The molecule has 0 aromatic carbocycles. The van der Waals surface area contributed by atoms with Crippen molar-refractivity contribution in [2.45, 2.75) is 20.4 Å². The van der Waals surface area contributed by atoms with Crippen molar-refractivity contribution in [3.8, 4) is 0 Å². The molecule has 2 heterocycles. The molecule has 1 aliphatic heterocycles. The van der Waals surface area contributed by atoms with Crippen molar-refractivity contribution in [3.63, 3.8) is 0 Å². The topological polar surface area (TPSA) is 62.7 Å². The zero-order chi connectivity index (χ0) is 15.3. The summed E-state index contributed by atoms with van der Waals surface area (Å²) in [6.07, 6.45) is 1.91. The Hall–Kier alpha value is -0.540. The van der Waals surface area contributed by atoms with E-state index in [1.807, 2.05) is 20.0 Å². The minimum absolute atomic E-state index is 0.0783. The van der Waals surface area contributed by atoms with Crippen LogP contribution in [0.1, 0.15) is 16.8 Å². The van der Waals surface area contributed by atoms with Crippen molar-refractivity contribution >= 4 is 21.4 Å². The molecule has 1 aliphatic rings. The molecule has 1 aromatic heterocycles. The Kier molecular flexibility index (Phi) is 6.12. The molecule has 0 spiro atoms. The van der Waals surface area contributed by atoms with Crippen molar-refractivity contribution < 1.29 is 13.2 Å². The molecule has 0 aliphatic carbocycles. The second-order valence-electron chi connectivity index (χ2n) is 5.03. The van der Waals surface area contributed by atoms with Crippen LogP contribution in [0.25, 0.3) is 0 Å². The van der Waals surface area contributed by atoms with Gasteiger partial charge in [0.1, 0.15) is 0 Å². The highest BCUT2D eigenvalue weighted by Gasteiger charge is 2.26. The van der Waals surface area contributed by atoms with Gasteiger partial charge < -0.3 is 4.74 Å². The van der Waals surface area contributed by atoms with E-state index in [4.69, 9.17) is 4.74 Å². The fourth-order valence-corrected chi connectivity index (χ4v) is 4.45. The Bertz CT molecular complexity index is 537. The first kappa shape index (κ1) is 16.8. The maximum absolute atomic E-state index is 12.1. The summed E-state index contributed by atoms with van der Waals surface area (Å²) >= 11 is 1.70. The van der Waals surface area contributed by atoms with Gasteiger partial charge in [-0.15, -0.1) is 11.3 Å². The van der Waals surface area contributed by atoms with Gasteiger partial charge in [-0.05, 0) is 13.8 Å². The number of rotatable bonds is 7. The Morgan fingerprint density at radius 1 is 1.33 bits per heavy atom. The van der Waals surface area contributed by atoms with Gasteiger partial charge in [-0.25, -0.2) is 13.4 Å². The van der Waals surface area contributed by atoms with Crippen LogP contribution < -0.4 is 0 Å². The van der Waals surface area contributed by atoms with Crippen molar-refractivity contribution in [2.24, 2.45) is 0 Å². The lowest BCUT2D eigenvalue weighted by molar-refractivity contribution is 0.158. The van der Waals surface area contributed by atoms with E-state index in [9.17, 15) is 8.42 Å². The van der Waals surface area contributed by atoms with E-state index < -0.39 is 10.0 Å². The number of ether oxygens (including phenoxy) is 1. The molecule has 0 atom stereocenters. The molecular weight excluding hydrogens is 310 g/mol. The lowest BCUT2D eigenvalue weighted by Gasteiger charge is -2.33. The average molecular weight is 333 g/mol. The lowest BCUT2D eigenvalue weighted by Crippen LogP contribution is -2.49. The molecule has 1 aromatic rings. The van der Waals surface area contributed by atoms with Crippen LogP contribution in [0.4, 0.5) is 0 Å². The molecule has 0 N–H and O–H groups in total. The summed E-state index contributed by atoms with van der Waals surface area (Å²) in [6.45, 7) is 8.22. The predicted octanol–water partition coefficient (Wildman–Crippen LogP) is 0.935. The molecule has 0 unspecified atom stereocenters. The van der Waals surface area contributed by atoms with Crippen LogP contribution in [-0.4, -0.2) is 67.8 Å². The van der Waals surface area contributed by atoms with Crippen molar-refractivity contribution in [2.75, 3.05) is 45.1 Å². The first-order valence-electron chi connectivity index (χ1n) is 7.20. The van der Waals surface area contributed by atoms with Crippen LogP contribution in [0.2, 0.25) is 0 Å². The molecule has 6 nitrogen and oxygen atoms in total. The third-order valence-corrected chi connectivity index (χ3v) is 6.20. The van der Waals surface area contributed by atoms with Crippen LogP contribution in [0.3, 0.4) is 0 Å². The quantitative estimate of drug-likeness (QED) is 0.695. The number of hydrogen-bond donors (Lipinski definition) is 0. The standard InChI is InChI=1S/C13H23N3O3S2/c1-3-19-8-9-21(17,18)16-6-4-15(5-7-16)11-13-10-14-12(2)20-13/h10H,3-9,11H2,1-2H3. The predicted molar refractivity (Wildman–Crippen MR) is 84.0 cm³/mol. The highest BCUT2D eigenvalue weighted by atomic mass is 32.2. The summed E-state index contributed by atoms with van der Waals surface area (Å²) in [7, 11) is -3.18. The fourth-order valence-electron chi connectivity index (χ4n) is 2.30. The molecule has 0 radical (unpaired) electrons. The smallest absolute Gasteiger partial charge is 0.216 e. The van der Waals surface area contributed by atoms with Gasteiger partial charge in [-0.3, -0.25) is 4.90 Å². The van der Waals surface area contributed by atoms with E-state index in [-0.39, 0.29) is 12.4 Å². The van der Waals surface area contributed by atoms with E-state index >= 15 is 0 Å². The molecule has 21 heavy (non-hydrogen) atoms. The minimum Gasteiger partial charge on any atom is -0.381 e. The van der Waals surface area contributed by atoms with Crippen LogP contribution >= 0.6 is 11.3 Å². The first-order valence-corrected chi connectivity index (χ1v) is 9.63. The van der Waals surface area contributed by atoms with Crippen molar-refractivity contribution in [1.82, 2.24) is 14.2 Å². The molecule has 0 bridgehead atoms. The molecule has 0 amide bonds. The van der Waals surface area contributed by atoms with E-state index in [0.29, 0.717) is 19.7 Å². The number of aryl methyl sites for hydroxylation is 1. The third-order valence-electron chi connectivity index (χ3n) is 3.46. The number of thiazole rings is 1. The SMILES string of the molecule is CCOCCS(=O)(=O)N1CCN(Cc2cnc(C)s2)CC1. The fraction of sp³-hybridized carbons (Fsp3) is 0.769. The molecule has 2 rings (SSSR count). The van der Waals surface area contributed by atoms with Gasteiger partial charge >= 0.3 is 0 Å². The van der Waals surface area contributed by atoms with Crippen LogP contribution in [-0.2, 0) is 21.3 Å². The summed E-state index contributed by atoms with van der Waals surface area (Å²) in [5, 5.41) is 1.07. The summed E-state index contributed by atoms with van der Waals surface area (Å²) < 4.78 is 31.0. The highest BCUT2D eigenvalue weighted by molar-refractivity contribution is 7.89. The maximum Gasteiger partial charge on any atom is 0.216 e. The summed E-state index contributed by atoms with van der Waals surface area (Å²) in [4.78, 5) is 7.77. The van der Waals surface area contributed by atoms with Crippen molar-refractivity contribution in [3.05, 3.63) is 16.1 Å². The van der Waals surface area contributed by atoms with Gasteiger partial charge in [0.15, 0.2) is 0 Å². The first-order chi connectivity index (χ1) is 10.0. The largest absolute Gasteiger partial charge is 0.381 e. The second kappa shape index (κ2) is 7.64. The van der Waals surface area contributed by atoms with Gasteiger partial charge in [0.05, 0.1) is 17.4 Å². The Balaban J connectivity index is 1.79. The molecule has 1 saturated heterocycles. The zero-order valence-corrected chi connectivity index (χ0v) is 14.3. The molecular formula is C13H23N3O3S2. The normalized spacial score (nSPS) is 18.2. The summed E-state index contributed by atoms with van der Waals surface area (Å²) in [6, 6.07) is 0. The number of sulfonamides is 1. The van der Waals surface area contributed by atoms with Gasteiger partial charge in [0.2, 0.25) is 10.0 Å². The lowest BCUT2D eigenvalue weighted by atomic mass is 10.3. The van der Waals surface area contributed by atoms with E-state index in [2.05, 4.69) is 9.88 Å². The molecule has 8 heteroatoms. The van der Waals surface area contributed by atoms with E-state index in [0.717, 1.165) is 24.6 Å². The molecule has 1 fully saturated rings. The van der Waals surface area contributed by atoms with Crippen LogP contribution in [0.5, 0.6) is 0 Å². The number of aromatic nitrogens is 1. The van der Waals surface area contributed by atoms with Gasteiger partial charge in [0, 0.05) is 50.4 Å². The number of piperazine rings is 1. The minimum atomic E-state index is -3.18. The van der Waals surface area contributed by atoms with E-state index in [1.165, 1.54) is 4.88 Å². The van der Waals surface area contributed by atoms with Crippen molar-refractivity contribution in [1.29, 1.82) is 0 Å². The third kappa shape index (κ3) is 5.00. The molecule has 120 valence electrons. The highest BCUT2D eigenvalue weighted by Crippen LogP contribution is 2.16. The number of nitrogens with zero attached hydrogens (tertiary/aromatic N) is 3. The summed E-state index contributed by atoms with van der Waals surface area (Å²) in [5.41, 5.74) is 0. The Labute approximate surface area is 130 Å². The van der Waals surface area contributed by atoms with Gasteiger partial charge in [-0.2, -0.15) is 4.31 Å². The average Bonchev–Trinajstić information content (AvgIpc) is 2.85. The van der Waals surface area contributed by atoms with Gasteiger partial charge in [0.25, 0.3) is 0 Å². The van der Waals surface area contributed by atoms with E-state index in [1.54, 1.807) is 15.6 Å². The number of hydrogen-bond acceptors (Lipinski definition) is 6. The summed E-state index contributed by atoms with van der Waals surface area (Å²) in [5.74, 6) is 0.0783. The van der Waals surface area contributed by atoms with Gasteiger partial charge in [-0.1, -0.05) is 0 Å². The zero-order valence-electron chi connectivity index (χ0n) is 12.6. The Morgan fingerprint density at radius 3 is 2.62 bits per heavy atom. The Morgan fingerprint density at radius 2 is 2.05 bits per heavy atom.